The third kappa shape index (κ3) is 3.09. The van der Waals surface area contributed by atoms with Crippen molar-refractivity contribution < 1.29 is 9.32 Å². The van der Waals surface area contributed by atoms with Crippen LogP contribution in [0.15, 0.2) is 28.8 Å². The molecule has 2 aromatic rings. The molecule has 1 amide bonds. The van der Waals surface area contributed by atoms with Gasteiger partial charge in [0.1, 0.15) is 11.3 Å². The smallest absolute Gasteiger partial charge is 0.259 e. The predicted molar refractivity (Wildman–Crippen MR) is 95.7 cm³/mol. The molecule has 5 heteroatoms. The van der Waals surface area contributed by atoms with Crippen LogP contribution >= 0.6 is 0 Å². The Kier molecular flexibility index (Phi) is 4.34. The standard InChI is InChI=1S/C20H25N3O2/c1-14-19(15(2)25-21-14)20(24)23-11-9-22(10-12-23)18-8-7-16-5-3-4-6-17(16)13-18/h3-6,18H,7-13H2,1-2H3. The molecule has 1 unspecified atom stereocenters. The topological polar surface area (TPSA) is 49.6 Å². The monoisotopic (exact) mass is 339 g/mol. The van der Waals surface area contributed by atoms with Crippen LogP contribution in [0.2, 0.25) is 0 Å². The highest BCUT2D eigenvalue weighted by molar-refractivity contribution is 5.96. The molecule has 1 aliphatic heterocycles. The van der Waals surface area contributed by atoms with Crippen LogP contribution < -0.4 is 0 Å². The van der Waals surface area contributed by atoms with Crippen molar-refractivity contribution in [3.63, 3.8) is 0 Å². The van der Waals surface area contributed by atoms with Crippen molar-refractivity contribution in [1.29, 1.82) is 0 Å². The van der Waals surface area contributed by atoms with E-state index in [9.17, 15) is 4.79 Å². The molecule has 2 aliphatic rings. The highest BCUT2D eigenvalue weighted by atomic mass is 16.5. The average Bonchev–Trinajstić information content (AvgIpc) is 2.99. The minimum Gasteiger partial charge on any atom is -0.361 e. The average molecular weight is 339 g/mol. The van der Waals surface area contributed by atoms with Crippen molar-refractivity contribution >= 4 is 5.91 Å². The first-order valence-corrected chi connectivity index (χ1v) is 9.16. The lowest BCUT2D eigenvalue weighted by Gasteiger charge is -2.41. The summed E-state index contributed by atoms with van der Waals surface area (Å²) in [4.78, 5) is 17.3. The summed E-state index contributed by atoms with van der Waals surface area (Å²) in [6.07, 6.45) is 3.52. The summed E-state index contributed by atoms with van der Waals surface area (Å²) in [6.45, 7) is 7.09. The van der Waals surface area contributed by atoms with Crippen molar-refractivity contribution in [1.82, 2.24) is 15.0 Å². The maximum Gasteiger partial charge on any atom is 0.259 e. The van der Waals surface area contributed by atoms with E-state index < -0.39 is 0 Å². The second-order valence-electron chi connectivity index (χ2n) is 7.19. The molecule has 5 nitrogen and oxygen atoms in total. The van der Waals surface area contributed by atoms with Gasteiger partial charge in [0, 0.05) is 32.2 Å². The maximum absolute atomic E-state index is 12.8. The van der Waals surface area contributed by atoms with Gasteiger partial charge in [-0.1, -0.05) is 29.4 Å². The number of carbonyl (C=O) groups excluding carboxylic acids is 1. The zero-order valence-electron chi connectivity index (χ0n) is 15.0. The molecule has 1 aromatic carbocycles. The molecule has 0 spiro atoms. The van der Waals surface area contributed by atoms with Gasteiger partial charge < -0.3 is 9.42 Å². The van der Waals surface area contributed by atoms with Gasteiger partial charge in [-0.05, 0) is 44.2 Å². The van der Waals surface area contributed by atoms with Crippen LogP contribution in [-0.2, 0) is 12.8 Å². The summed E-state index contributed by atoms with van der Waals surface area (Å²) in [5.74, 6) is 0.679. The van der Waals surface area contributed by atoms with E-state index in [-0.39, 0.29) is 5.91 Å². The predicted octanol–water partition coefficient (Wildman–Crippen LogP) is 2.61. The number of aromatic nitrogens is 1. The van der Waals surface area contributed by atoms with Crippen LogP contribution in [0.4, 0.5) is 0 Å². The minimum absolute atomic E-state index is 0.0601. The Bertz CT molecular complexity index is 755. The van der Waals surface area contributed by atoms with Gasteiger partial charge in [-0.2, -0.15) is 0 Å². The van der Waals surface area contributed by atoms with Gasteiger partial charge in [0.15, 0.2) is 0 Å². The number of carbonyl (C=O) groups is 1. The van der Waals surface area contributed by atoms with Crippen LogP contribution in [0, 0.1) is 13.8 Å². The van der Waals surface area contributed by atoms with Gasteiger partial charge in [0.2, 0.25) is 0 Å². The van der Waals surface area contributed by atoms with E-state index >= 15 is 0 Å². The van der Waals surface area contributed by atoms with E-state index in [0.29, 0.717) is 23.1 Å². The Labute approximate surface area is 148 Å². The van der Waals surface area contributed by atoms with Gasteiger partial charge in [-0.25, -0.2) is 0 Å². The summed E-state index contributed by atoms with van der Waals surface area (Å²) in [5, 5.41) is 3.91. The number of amides is 1. The van der Waals surface area contributed by atoms with Crippen molar-refractivity contribution in [2.45, 2.75) is 39.2 Å². The second kappa shape index (κ2) is 6.64. The van der Waals surface area contributed by atoms with E-state index in [1.165, 1.54) is 24.0 Å². The van der Waals surface area contributed by atoms with E-state index in [0.717, 1.165) is 32.6 Å². The minimum atomic E-state index is 0.0601. The highest BCUT2D eigenvalue weighted by Crippen LogP contribution is 2.25. The largest absolute Gasteiger partial charge is 0.361 e. The molecular weight excluding hydrogens is 314 g/mol. The summed E-state index contributed by atoms with van der Waals surface area (Å²) in [5.41, 5.74) is 4.33. The molecule has 1 saturated heterocycles. The van der Waals surface area contributed by atoms with E-state index in [2.05, 4.69) is 34.3 Å². The number of nitrogens with zero attached hydrogens (tertiary/aromatic N) is 3. The third-order valence-corrected chi connectivity index (χ3v) is 5.69. The number of aryl methyl sites for hydroxylation is 3. The molecule has 1 aliphatic carbocycles. The number of hydrogen-bond acceptors (Lipinski definition) is 4. The van der Waals surface area contributed by atoms with Crippen LogP contribution in [-0.4, -0.2) is 53.1 Å². The van der Waals surface area contributed by atoms with E-state index in [4.69, 9.17) is 4.52 Å². The number of benzene rings is 1. The van der Waals surface area contributed by atoms with Crippen molar-refractivity contribution in [2.75, 3.05) is 26.2 Å². The highest BCUT2D eigenvalue weighted by Gasteiger charge is 2.30. The first-order valence-electron chi connectivity index (χ1n) is 9.16. The Morgan fingerprint density at radius 3 is 2.52 bits per heavy atom. The van der Waals surface area contributed by atoms with Crippen LogP contribution in [0.25, 0.3) is 0 Å². The van der Waals surface area contributed by atoms with Crippen LogP contribution in [0.5, 0.6) is 0 Å². The molecule has 0 bridgehead atoms. The number of hydrogen-bond donors (Lipinski definition) is 0. The molecule has 25 heavy (non-hydrogen) atoms. The van der Waals surface area contributed by atoms with Crippen molar-refractivity contribution in [3.05, 3.63) is 52.4 Å². The molecule has 4 rings (SSSR count). The van der Waals surface area contributed by atoms with Gasteiger partial charge in [0.05, 0.1) is 5.69 Å². The van der Waals surface area contributed by atoms with Gasteiger partial charge in [-0.3, -0.25) is 9.69 Å². The first kappa shape index (κ1) is 16.3. The first-order chi connectivity index (χ1) is 12.1. The van der Waals surface area contributed by atoms with Crippen LogP contribution in [0.3, 0.4) is 0 Å². The summed E-state index contributed by atoms with van der Waals surface area (Å²) >= 11 is 0. The van der Waals surface area contributed by atoms with Crippen molar-refractivity contribution in [2.24, 2.45) is 0 Å². The summed E-state index contributed by atoms with van der Waals surface area (Å²) in [7, 11) is 0. The Morgan fingerprint density at radius 1 is 1.12 bits per heavy atom. The summed E-state index contributed by atoms with van der Waals surface area (Å²) in [6, 6.07) is 9.40. The second-order valence-corrected chi connectivity index (χ2v) is 7.19. The molecule has 0 radical (unpaired) electrons. The molecule has 1 fully saturated rings. The zero-order chi connectivity index (χ0) is 17.4. The van der Waals surface area contributed by atoms with E-state index in [1.807, 2.05) is 18.7 Å². The lowest BCUT2D eigenvalue weighted by molar-refractivity contribution is 0.0551. The normalized spacial score (nSPS) is 21.2. The van der Waals surface area contributed by atoms with E-state index in [1.54, 1.807) is 0 Å². The molecule has 0 N–H and O–H groups in total. The number of piperazine rings is 1. The Hall–Kier alpha value is -2.14. The van der Waals surface area contributed by atoms with Gasteiger partial charge in [0.25, 0.3) is 5.91 Å². The van der Waals surface area contributed by atoms with Crippen molar-refractivity contribution in [3.8, 4) is 0 Å². The number of rotatable bonds is 2. The third-order valence-electron chi connectivity index (χ3n) is 5.69. The Morgan fingerprint density at radius 2 is 1.84 bits per heavy atom. The lowest BCUT2D eigenvalue weighted by Crippen LogP contribution is -2.53. The Balaban J connectivity index is 1.38. The quantitative estimate of drug-likeness (QED) is 0.844. The van der Waals surface area contributed by atoms with Gasteiger partial charge >= 0.3 is 0 Å². The fourth-order valence-electron chi connectivity index (χ4n) is 4.23. The molecule has 1 atom stereocenters. The molecule has 132 valence electrons. The maximum atomic E-state index is 12.8. The SMILES string of the molecule is Cc1noc(C)c1C(=O)N1CCN(C2CCc3ccccc3C2)CC1. The molecule has 2 heterocycles. The molecular formula is C20H25N3O2. The zero-order valence-corrected chi connectivity index (χ0v) is 15.0. The van der Waals surface area contributed by atoms with Crippen LogP contribution in [0.1, 0.15) is 39.4 Å². The fraction of sp³-hybridized carbons (Fsp3) is 0.500. The molecule has 0 saturated carbocycles. The lowest BCUT2D eigenvalue weighted by atomic mass is 9.87. The van der Waals surface area contributed by atoms with Gasteiger partial charge in [-0.15, -0.1) is 0 Å². The summed E-state index contributed by atoms with van der Waals surface area (Å²) < 4.78 is 5.15. The molecule has 1 aromatic heterocycles. The number of fused-ring (bicyclic) bond motifs is 1. The fourth-order valence-corrected chi connectivity index (χ4v) is 4.23.